The molecule has 23 heavy (non-hydrogen) atoms. The average molecular weight is 315 g/mol. The van der Waals surface area contributed by atoms with Crippen LogP contribution in [-0.2, 0) is 6.42 Å². The van der Waals surface area contributed by atoms with Crippen LogP contribution in [0.3, 0.4) is 0 Å². The minimum absolute atomic E-state index is 0.165. The minimum atomic E-state index is -0.416. The lowest BCUT2D eigenvalue weighted by atomic mass is 9.85. The highest BCUT2D eigenvalue weighted by atomic mass is 16.5. The number of furan rings is 1. The fraction of sp³-hybridized carbons (Fsp3) is 0.474. The standard InChI is InChI=1S/C19H25NO3/c1-2-10-20(11-13-23-16-9-12-22-14-16)18-8-7-15-5-3-4-6-17(15)19(18)21/h3-6,9,12,14,18-19,21H,2,7-8,10-11,13H2,1H3. The molecule has 4 heteroatoms. The first kappa shape index (κ1) is 16.1. The van der Waals surface area contributed by atoms with Gasteiger partial charge in [-0.15, -0.1) is 0 Å². The number of aliphatic hydroxyl groups is 1. The minimum Gasteiger partial charge on any atom is -0.489 e. The number of hydrogen-bond acceptors (Lipinski definition) is 4. The Morgan fingerprint density at radius 3 is 2.91 bits per heavy atom. The van der Waals surface area contributed by atoms with E-state index in [0.717, 1.165) is 43.7 Å². The van der Waals surface area contributed by atoms with Crippen LogP contribution in [0.2, 0.25) is 0 Å². The van der Waals surface area contributed by atoms with Crippen molar-refractivity contribution in [3.05, 3.63) is 54.0 Å². The third-order valence-electron chi connectivity index (χ3n) is 4.57. The Labute approximate surface area is 137 Å². The molecule has 3 rings (SSSR count). The van der Waals surface area contributed by atoms with Crippen LogP contribution in [0.15, 0.2) is 47.3 Å². The molecule has 2 atom stereocenters. The Balaban J connectivity index is 1.63. The van der Waals surface area contributed by atoms with Crippen LogP contribution in [0.25, 0.3) is 0 Å². The number of aryl methyl sites for hydroxylation is 1. The molecule has 0 fully saturated rings. The average Bonchev–Trinajstić information content (AvgIpc) is 3.08. The van der Waals surface area contributed by atoms with E-state index in [0.29, 0.717) is 6.61 Å². The van der Waals surface area contributed by atoms with Gasteiger partial charge in [0.15, 0.2) is 5.75 Å². The molecule has 1 aliphatic rings. The maximum absolute atomic E-state index is 10.8. The predicted molar refractivity (Wildman–Crippen MR) is 89.6 cm³/mol. The van der Waals surface area contributed by atoms with Gasteiger partial charge < -0.3 is 14.3 Å². The normalized spacial score (nSPS) is 20.5. The van der Waals surface area contributed by atoms with E-state index in [1.54, 1.807) is 12.5 Å². The molecule has 1 aliphatic carbocycles. The first-order valence-electron chi connectivity index (χ1n) is 8.44. The summed E-state index contributed by atoms with van der Waals surface area (Å²) in [4.78, 5) is 2.36. The summed E-state index contributed by atoms with van der Waals surface area (Å²) in [6, 6.07) is 10.2. The van der Waals surface area contributed by atoms with E-state index in [2.05, 4.69) is 30.0 Å². The van der Waals surface area contributed by atoms with E-state index in [9.17, 15) is 5.11 Å². The Kier molecular flexibility index (Phi) is 5.36. The van der Waals surface area contributed by atoms with Crippen molar-refractivity contribution in [1.29, 1.82) is 0 Å². The van der Waals surface area contributed by atoms with Gasteiger partial charge in [-0.3, -0.25) is 4.90 Å². The highest BCUT2D eigenvalue weighted by molar-refractivity contribution is 5.32. The highest BCUT2D eigenvalue weighted by Crippen LogP contribution is 2.32. The Morgan fingerprint density at radius 2 is 2.13 bits per heavy atom. The van der Waals surface area contributed by atoms with Crippen molar-refractivity contribution < 1.29 is 14.3 Å². The third-order valence-corrected chi connectivity index (χ3v) is 4.57. The molecule has 0 bridgehead atoms. The first-order valence-corrected chi connectivity index (χ1v) is 8.44. The molecule has 0 spiro atoms. The van der Waals surface area contributed by atoms with Crippen molar-refractivity contribution >= 4 is 0 Å². The van der Waals surface area contributed by atoms with E-state index >= 15 is 0 Å². The summed E-state index contributed by atoms with van der Waals surface area (Å²) in [6.07, 6.45) is 5.89. The van der Waals surface area contributed by atoms with Crippen LogP contribution in [0.5, 0.6) is 5.75 Å². The number of rotatable bonds is 7. The molecule has 1 aromatic heterocycles. The Morgan fingerprint density at radius 1 is 1.26 bits per heavy atom. The fourth-order valence-electron chi connectivity index (χ4n) is 3.45. The van der Waals surface area contributed by atoms with Crippen LogP contribution >= 0.6 is 0 Å². The molecule has 1 aromatic carbocycles. The van der Waals surface area contributed by atoms with Crippen molar-refractivity contribution in [2.24, 2.45) is 0 Å². The van der Waals surface area contributed by atoms with Crippen molar-refractivity contribution in [3.63, 3.8) is 0 Å². The van der Waals surface area contributed by atoms with Crippen molar-refractivity contribution in [3.8, 4) is 5.75 Å². The van der Waals surface area contributed by atoms with Gasteiger partial charge in [0.05, 0.1) is 12.4 Å². The first-order chi connectivity index (χ1) is 11.3. The van der Waals surface area contributed by atoms with Crippen LogP contribution < -0.4 is 4.74 Å². The lowest BCUT2D eigenvalue weighted by Crippen LogP contribution is -2.44. The van der Waals surface area contributed by atoms with E-state index in [1.165, 1.54) is 5.56 Å². The zero-order valence-corrected chi connectivity index (χ0v) is 13.6. The summed E-state index contributed by atoms with van der Waals surface area (Å²) >= 11 is 0. The predicted octanol–water partition coefficient (Wildman–Crippen LogP) is 3.42. The molecule has 0 radical (unpaired) electrons. The Hall–Kier alpha value is -1.78. The quantitative estimate of drug-likeness (QED) is 0.850. The number of nitrogens with zero attached hydrogens (tertiary/aromatic N) is 1. The molecule has 0 amide bonds. The van der Waals surface area contributed by atoms with E-state index in [-0.39, 0.29) is 6.04 Å². The van der Waals surface area contributed by atoms with Crippen LogP contribution in [0.1, 0.15) is 37.0 Å². The van der Waals surface area contributed by atoms with Crippen LogP contribution in [-0.4, -0.2) is 35.7 Å². The number of aliphatic hydroxyl groups excluding tert-OH is 1. The molecule has 0 saturated heterocycles. The molecule has 2 unspecified atom stereocenters. The third kappa shape index (κ3) is 3.77. The van der Waals surface area contributed by atoms with Gasteiger partial charge in [-0.2, -0.15) is 0 Å². The molecule has 2 aromatic rings. The summed E-state index contributed by atoms with van der Waals surface area (Å²) in [6.45, 7) is 4.55. The number of fused-ring (bicyclic) bond motifs is 1. The maximum atomic E-state index is 10.8. The van der Waals surface area contributed by atoms with Crippen LogP contribution in [0.4, 0.5) is 0 Å². The van der Waals surface area contributed by atoms with Gasteiger partial charge in [0, 0.05) is 18.7 Å². The van der Waals surface area contributed by atoms with Gasteiger partial charge in [0.25, 0.3) is 0 Å². The number of hydrogen-bond donors (Lipinski definition) is 1. The SMILES string of the molecule is CCCN(CCOc1ccoc1)C1CCc2ccccc2C1O. The van der Waals surface area contributed by atoms with E-state index in [4.69, 9.17) is 9.15 Å². The van der Waals surface area contributed by atoms with Crippen molar-refractivity contribution in [1.82, 2.24) is 4.90 Å². The molecule has 0 saturated carbocycles. The van der Waals surface area contributed by atoms with Gasteiger partial charge in [-0.05, 0) is 36.9 Å². The van der Waals surface area contributed by atoms with Gasteiger partial charge in [-0.1, -0.05) is 31.2 Å². The zero-order chi connectivity index (χ0) is 16.1. The molecule has 1 heterocycles. The molecule has 124 valence electrons. The molecular formula is C19H25NO3. The van der Waals surface area contributed by atoms with Gasteiger partial charge >= 0.3 is 0 Å². The Bertz CT molecular complexity index is 596. The summed E-state index contributed by atoms with van der Waals surface area (Å²) in [7, 11) is 0. The number of ether oxygens (including phenoxy) is 1. The second-order valence-corrected chi connectivity index (χ2v) is 6.09. The highest BCUT2D eigenvalue weighted by Gasteiger charge is 2.31. The molecule has 0 aliphatic heterocycles. The number of benzene rings is 1. The smallest absolute Gasteiger partial charge is 0.157 e. The van der Waals surface area contributed by atoms with Crippen molar-refractivity contribution in [2.75, 3.05) is 19.7 Å². The summed E-state index contributed by atoms with van der Waals surface area (Å²) < 4.78 is 10.7. The summed E-state index contributed by atoms with van der Waals surface area (Å²) in [5.74, 6) is 0.760. The fourth-order valence-corrected chi connectivity index (χ4v) is 3.45. The van der Waals surface area contributed by atoms with E-state index < -0.39 is 6.10 Å². The van der Waals surface area contributed by atoms with Gasteiger partial charge in [-0.25, -0.2) is 0 Å². The van der Waals surface area contributed by atoms with E-state index in [1.807, 2.05) is 12.1 Å². The molecule has 4 nitrogen and oxygen atoms in total. The lowest BCUT2D eigenvalue weighted by Gasteiger charge is -2.38. The zero-order valence-electron chi connectivity index (χ0n) is 13.6. The summed E-state index contributed by atoms with van der Waals surface area (Å²) in [5.41, 5.74) is 2.36. The lowest BCUT2D eigenvalue weighted by molar-refractivity contribution is 0.0292. The molecular weight excluding hydrogens is 290 g/mol. The second kappa shape index (κ2) is 7.66. The van der Waals surface area contributed by atoms with Crippen LogP contribution in [0, 0.1) is 0 Å². The largest absolute Gasteiger partial charge is 0.489 e. The van der Waals surface area contributed by atoms with Gasteiger partial charge in [0.1, 0.15) is 12.9 Å². The maximum Gasteiger partial charge on any atom is 0.157 e. The summed E-state index contributed by atoms with van der Waals surface area (Å²) in [5, 5.41) is 10.8. The van der Waals surface area contributed by atoms with Gasteiger partial charge in [0.2, 0.25) is 0 Å². The molecule has 1 N–H and O–H groups in total. The monoisotopic (exact) mass is 315 g/mol. The topological polar surface area (TPSA) is 45.8 Å². The second-order valence-electron chi connectivity index (χ2n) is 6.09. The van der Waals surface area contributed by atoms with Crippen molar-refractivity contribution in [2.45, 2.75) is 38.3 Å².